The molecule has 0 spiro atoms. The summed E-state index contributed by atoms with van der Waals surface area (Å²) < 4.78 is 11.1. The Balaban J connectivity index is 2.57. The molecule has 19 heavy (non-hydrogen) atoms. The molecule has 4 heteroatoms. The maximum Gasteiger partial charge on any atom is 0.295 e. The highest BCUT2D eigenvalue weighted by Gasteiger charge is 2.16. The summed E-state index contributed by atoms with van der Waals surface area (Å²) in [5.41, 5.74) is 3.04. The minimum absolute atomic E-state index is 0.455. The van der Waals surface area contributed by atoms with Gasteiger partial charge >= 0.3 is 0 Å². The monoisotopic (exact) mass is 260 g/mol. The lowest BCUT2D eigenvalue weighted by Gasteiger charge is -2.11. The van der Waals surface area contributed by atoms with Crippen molar-refractivity contribution in [3.63, 3.8) is 0 Å². The predicted molar refractivity (Wildman–Crippen MR) is 76.9 cm³/mol. The molecule has 0 aliphatic heterocycles. The van der Waals surface area contributed by atoms with Crippen molar-refractivity contribution in [1.29, 1.82) is 0 Å². The van der Waals surface area contributed by atoms with Crippen LogP contribution in [0, 0.1) is 6.92 Å². The van der Waals surface area contributed by atoms with Gasteiger partial charge < -0.3 is 14.5 Å². The zero-order valence-corrected chi connectivity index (χ0v) is 12.1. The molecule has 0 fully saturated rings. The smallest absolute Gasteiger partial charge is 0.295 e. The number of nitrogens with zero attached hydrogens (tertiary/aromatic N) is 1. The number of hydrogen-bond donors (Lipinski definition) is 1. The largest absolute Gasteiger partial charge is 0.496 e. The van der Waals surface area contributed by atoms with Gasteiger partial charge in [0.2, 0.25) is 0 Å². The number of rotatable bonds is 4. The quantitative estimate of drug-likeness (QED) is 0.907. The van der Waals surface area contributed by atoms with Crippen molar-refractivity contribution >= 4 is 6.01 Å². The number of aryl methyl sites for hydroxylation is 1. The Morgan fingerprint density at radius 1 is 1.32 bits per heavy atom. The predicted octanol–water partition coefficient (Wildman–Crippen LogP) is 3.82. The fraction of sp³-hybridized carbons (Fsp3) is 0.400. The first-order valence-corrected chi connectivity index (χ1v) is 6.40. The fourth-order valence-electron chi connectivity index (χ4n) is 2.02. The SMILES string of the molecule is CNc1nc(C)c(-c2cc(C(C)C)ccc2OC)o1. The Labute approximate surface area is 113 Å². The van der Waals surface area contributed by atoms with Crippen LogP contribution in [0.15, 0.2) is 22.6 Å². The average Bonchev–Trinajstić information content (AvgIpc) is 2.79. The number of benzene rings is 1. The van der Waals surface area contributed by atoms with Crippen LogP contribution in [0.2, 0.25) is 0 Å². The Morgan fingerprint density at radius 2 is 2.05 bits per heavy atom. The second-order valence-corrected chi connectivity index (χ2v) is 4.80. The van der Waals surface area contributed by atoms with E-state index in [0.717, 1.165) is 22.8 Å². The molecule has 0 saturated carbocycles. The standard InChI is InChI=1S/C15H20N2O2/c1-9(2)11-6-7-13(18-5)12(8-11)14-10(3)17-15(16-4)19-14/h6-9H,1-5H3,(H,16,17). The van der Waals surface area contributed by atoms with E-state index in [1.54, 1.807) is 14.2 Å². The van der Waals surface area contributed by atoms with Gasteiger partial charge in [0.1, 0.15) is 5.75 Å². The molecule has 1 heterocycles. The first-order valence-electron chi connectivity index (χ1n) is 6.40. The molecule has 0 atom stereocenters. The Bertz CT molecular complexity index is 574. The van der Waals surface area contributed by atoms with Gasteiger partial charge in [-0.15, -0.1) is 0 Å². The molecule has 1 N–H and O–H groups in total. The molecule has 0 radical (unpaired) electrons. The first-order chi connectivity index (χ1) is 9.06. The summed E-state index contributed by atoms with van der Waals surface area (Å²) in [6, 6.07) is 6.68. The van der Waals surface area contributed by atoms with E-state index in [4.69, 9.17) is 9.15 Å². The number of nitrogens with one attached hydrogen (secondary N) is 1. The molecule has 2 aromatic rings. The molecule has 0 saturated heterocycles. The van der Waals surface area contributed by atoms with Gasteiger partial charge in [0.25, 0.3) is 6.01 Å². The van der Waals surface area contributed by atoms with Gasteiger partial charge in [-0.05, 0) is 30.5 Å². The van der Waals surface area contributed by atoms with Crippen LogP contribution in [0.5, 0.6) is 5.75 Å². The molecule has 2 rings (SSSR count). The number of oxazole rings is 1. The average molecular weight is 260 g/mol. The maximum atomic E-state index is 5.72. The van der Waals surface area contributed by atoms with Gasteiger partial charge in [-0.25, -0.2) is 0 Å². The van der Waals surface area contributed by atoms with Crippen molar-refractivity contribution in [2.24, 2.45) is 0 Å². The summed E-state index contributed by atoms with van der Waals surface area (Å²) in [4.78, 5) is 4.32. The third-order valence-corrected chi connectivity index (χ3v) is 3.15. The second-order valence-electron chi connectivity index (χ2n) is 4.80. The van der Waals surface area contributed by atoms with Crippen molar-refractivity contribution in [1.82, 2.24) is 4.98 Å². The second kappa shape index (κ2) is 5.34. The van der Waals surface area contributed by atoms with E-state index in [1.807, 2.05) is 13.0 Å². The van der Waals surface area contributed by atoms with Gasteiger partial charge in [-0.2, -0.15) is 4.98 Å². The number of ether oxygens (including phenoxy) is 1. The fourth-order valence-corrected chi connectivity index (χ4v) is 2.02. The zero-order chi connectivity index (χ0) is 14.0. The van der Waals surface area contributed by atoms with Crippen molar-refractivity contribution in [3.8, 4) is 17.1 Å². The number of anilines is 1. The highest BCUT2D eigenvalue weighted by molar-refractivity contribution is 5.69. The maximum absolute atomic E-state index is 5.72. The molecule has 102 valence electrons. The molecule has 4 nitrogen and oxygen atoms in total. The molecule has 0 aliphatic rings. The van der Waals surface area contributed by atoms with Gasteiger partial charge in [0, 0.05) is 7.05 Å². The van der Waals surface area contributed by atoms with Crippen molar-refractivity contribution in [2.45, 2.75) is 26.7 Å². The van der Waals surface area contributed by atoms with E-state index in [0.29, 0.717) is 11.9 Å². The molecule has 0 unspecified atom stereocenters. The van der Waals surface area contributed by atoms with Gasteiger partial charge in [-0.3, -0.25) is 0 Å². The van der Waals surface area contributed by atoms with Crippen molar-refractivity contribution in [3.05, 3.63) is 29.5 Å². The van der Waals surface area contributed by atoms with Gasteiger partial charge in [-0.1, -0.05) is 19.9 Å². The summed E-state index contributed by atoms with van der Waals surface area (Å²) >= 11 is 0. The zero-order valence-electron chi connectivity index (χ0n) is 12.1. The number of hydrogen-bond acceptors (Lipinski definition) is 4. The van der Waals surface area contributed by atoms with E-state index >= 15 is 0 Å². The third-order valence-electron chi connectivity index (χ3n) is 3.15. The van der Waals surface area contributed by atoms with Crippen LogP contribution in [0.1, 0.15) is 31.0 Å². The first kappa shape index (κ1) is 13.5. The van der Waals surface area contributed by atoms with Crippen molar-refractivity contribution < 1.29 is 9.15 Å². The van der Waals surface area contributed by atoms with E-state index < -0.39 is 0 Å². The lowest BCUT2D eigenvalue weighted by Crippen LogP contribution is -1.93. The van der Waals surface area contributed by atoms with E-state index in [-0.39, 0.29) is 0 Å². The Kier molecular flexibility index (Phi) is 3.79. The van der Waals surface area contributed by atoms with Gasteiger partial charge in [0.05, 0.1) is 18.4 Å². The summed E-state index contributed by atoms with van der Waals surface area (Å²) in [6.07, 6.45) is 0. The third kappa shape index (κ3) is 2.57. The summed E-state index contributed by atoms with van der Waals surface area (Å²) in [6.45, 7) is 6.26. The van der Waals surface area contributed by atoms with Crippen molar-refractivity contribution in [2.75, 3.05) is 19.5 Å². The van der Waals surface area contributed by atoms with E-state index in [1.165, 1.54) is 5.56 Å². The Morgan fingerprint density at radius 3 is 2.58 bits per heavy atom. The molecule has 0 bridgehead atoms. The van der Waals surface area contributed by atoms with Crippen LogP contribution < -0.4 is 10.1 Å². The van der Waals surface area contributed by atoms with Crippen LogP contribution in [0.3, 0.4) is 0 Å². The van der Waals surface area contributed by atoms with E-state index in [9.17, 15) is 0 Å². The topological polar surface area (TPSA) is 47.3 Å². The Hall–Kier alpha value is -1.97. The van der Waals surface area contributed by atoms with Gasteiger partial charge in [0.15, 0.2) is 5.76 Å². The molecule has 0 amide bonds. The lowest BCUT2D eigenvalue weighted by atomic mass is 9.99. The van der Waals surface area contributed by atoms with Crippen LogP contribution in [-0.2, 0) is 0 Å². The summed E-state index contributed by atoms with van der Waals surface area (Å²) in [5, 5.41) is 2.91. The minimum atomic E-state index is 0.455. The lowest BCUT2D eigenvalue weighted by molar-refractivity contribution is 0.414. The van der Waals surface area contributed by atoms with Crippen LogP contribution in [0.4, 0.5) is 6.01 Å². The van der Waals surface area contributed by atoms with Crippen LogP contribution in [-0.4, -0.2) is 19.1 Å². The molecular formula is C15H20N2O2. The number of aromatic nitrogens is 1. The summed E-state index contributed by atoms with van der Waals surface area (Å²) in [7, 11) is 3.45. The summed E-state index contributed by atoms with van der Waals surface area (Å²) in [5.74, 6) is 2.01. The molecular weight excluding hydrogens is 240 g/mol. The minimum Gasteiger partial charge on any atom is -0.496 e. The highest BCUT2D eigenvalue weighted by Crippen LogP contribution is 2.36. The van der Waals surface area contributed by atoms with Crippen LogP contribution in [0.25, 0.3) is 11.3 Å². The molecule has 1 aromatic carbocycles. The normalized spacial score (nSPS) is 10.8. The molecule has 1 aromatic heterocycles. The van der Waals surface area contributed by atoms with E-state index in [2.05, 4.69) is 36.3 Å². The van der Waals surface area contributed by atoms with Crippen LogP contribution >= 0.6 is 0 Å². The highest BCUT2D eigenvalue weighted by atomic mass is 16.5. The number of methoxy groups -OCH3 is 1. The molecule has 0 aliphatic carbocycles.